The molecule has 0 aliphatic heterocycles. The monoisotopic (exact) mass is 662 g/mol. The lowest BCUT2D eigenvalue weighted by atomic mass is 9.79. The van der Waals surface area contributed by atoms with Crippen LogP contribution in [0.1, 0.15) is 37.3 Å². The van der Waals surface area contributed by atoms with Crippen molar-refractivity contribution in [1.82, 2.24) is 0 Å². The lowest BCUT2D eigenvalue weighted by Crippen LogP contribution is -2.16. The van der Waals surface area contributed by atoms with Crippen LogP contribution in [0.4, 0.5) is 17.1 Å². The number of rotatable bonds is 5. The fourth-order valence-corrected chi connectivity index (χ4v) is 7.92. The highest BCUT2D eigenvalue weighted by Crippen LogP contribution is 2.52. The van der Waals surface area contributed by atoms with Gasteiger partial charge in [-0.3, -0.25) is 0 Å². The molecule has 2 nitrogen and oxygen atoms in total. The van der Waals surface area contributed by atoms with Crippen molar-refractivity contribution in [2.24, 2.45) is 0 Å². The summed E-state index contributed by atoms with van der Waals surface area (Å²) in [6.45, 7) is 4.18. The largest absolute Gasteiger partial charge is 0.455 e. The summed E-state index contributed by atoms with van der Waals surface area (Å²) in [5, 5.41) is 3.93. The molecule has 8 aromatic carbocycles. The van der Waals surface area contributed by atoms with Crippen LogP contribution in [-0.2, 0) is 5.41 Å². The molecule has 1 aromatic heterocycles. The third-order valence-corrected chi connectivity index (χ3v) is 10.2. The average molecular weight is 663 g/mol. The summed E-state index contributed by atoms with van der Waals surface area (Å²) >= 11 is 0. The molecular formula is C49H35NO. The van der Waals surface area contributed by atoms with Gasteiger partial charge in [0.25, 0.3) is 0 Å². The van der Waals surface area contributed by atoms with Crippen LogP contribution in [0.5, 0.6) is 0 Å². The van der Waals surface area contributed by atoms with Gasteiger partial charge in [-0.15, -0.1) is 0 Å². The molecule has 0 N–H and O–H groups in total. The van der Waals surface area contributed by atoms with Crippen molar-refractivity contribution < 1.29 is 16.8 Å². The minimum Gasteiger partial charge on any atom is -0.455 e. The second kappa shape index (κ2) is 11.3. The van der Waals surface area contributed by atoms with Gasteiger partial charge in [-0.05, 0) is 98.3 Å². The first-order valence-electron chi connectivity index (χ1n) is 21.5. The lowest BCUT2D eigenvalue weighted by Gasteiger charge is -2.27. The number of hydrogen-bond acceptors (Lipinski definition) is 2. The molecule has 9 aromatic rings. The van der Waals surface area contributed by atoms with Gasteiger partial charge in [-0.2, -0.15) is 0 Å². The molecule has 51 heavy (non-hydrogen) atoms. The van der Waals surface area contributed by atoms with Crippen LogP contribution < -0.4 is 4.90 Å². The zero-order valence-electron chi connectivity index (χ0n) is 36.9. The van der Waals surface area contributed by atoms with E-state index < -0.39 is 47.7 Å². The first kappa shape index (κ1) is 21.7. The molecule has 0 saturated carbocycles. The molecule has 10 rings (SSSR count). The third kappa shape index (κ3) is 4.57. The second-order valence-electron chi connectivity index (χ2n) is 13.4. The Morgan fingerprint density at radius 3 is 2.04 bits per heavy atom. The molecular weight excluding hydrogens is 619 g/mol. The van der Waals surface area contributed by atoms with Gasteiger partial charge in [0.2, 0.25) is 0 Å². The molecule has 0 spiro atoms. The maximum Gasteiger partial charge on any atom is 0.143 e. The van der Waals surface area contributed by atoms with E-state index in [1.807, 2.05) is 91.0 Å². The summed E-state index contributed by atoms with van der Waals surface area (Å²) in [5.41, 5.74) is 7.10. The van der Waals surface area contributed by atoms with E-state index in [0.717, 1.165) is 60.5 Å². The Kier molecular flexibility index (Phi) is 4.81. The topological polar surface area (TPSA) is 16.4 Å². The van der Waals surface area contributed by atoms with Crippen molar-refractivity contribution in [2.75, 3.05) is 4.90 Å². The minimum atomic E-state index is -0.591. The minimum absolute atomic E-state index is 0.121. The van der Waals surface area contributed by atoms with Crippen LogP contribution in [0.15, 0.2) is 180 Å². The van der Waals surface area contributed by atoms with Crippen LogP contribution >= 0.6 is 0 Å². The van der Waals surface area contributed by atoms with Crippen molar-refractivity contribution in [3.05, 3.63) is 187 Å². The number of fused-ring (bicyclic) bond motifs is 8. The van der Waals surface area contributed by atoms with E-state index >= 15 is 0 Å². The number of nitrogens with zero attached hydrogens (tertiary/aromatic N) is 1. The van der Waals surface area contributed by atoms with Gasteiger partial charge in [0, 0.05) is 38.6 Å². The fraction of sp³-hybridized carbons (Fsp3) is 0.0612. The van der Waals surface area contributed by atoms with Crippen LogP contribution in [0.2, 0.25) is 0 Å². The van der Waals surface area contributed by atoms with Crippen LogP contribution in [0.3, 0.4) is 0 Å². The highest BCUT2D eigenvalue weighted by Gasteiger charge is 2.37. The standard InChI is InChI=1S/C49H35NO/c1-49(2)44-20-9-8-16-41(44)42-19-10-18-39(47(42)49)34-24-29-37(30-25-34)50(35-13-4-3-5-14-35)36-27-22-33(23-28-36)38-17-11-21-45-46(38)43-31-26-32-12-6-7-15-40(32)48(43)51-45/h3-31H,1-2H3/i3D,4D,5D,13D,14D,24D,25D,29D,30D. The molecule has 0 amide bonds. The normalized spacial score (nSPS) is 15.5. The van der Waals surface area contributed by atoms with Crippen molar-refractivity contribution in [1.29, 1.82) is 0 Å². The van der Waals surface area contributed by atoms with Crippen molar-refractivity contribution in [2.45, 2.75) is 19.3 Å². The van der Waals surface area contributed by atoms with Gasteiger partial charge in [-0.25, -0.2) is 0 Å². The molecule has 0 unspecified atom stereocenters. The van der Waals surface area contributed by atoms with Gasteiger partial charge in [0.15, 0.2) is 0 Å². The lowest BCUT2D eigenvalue weighted by molar-refractivity contribution is 0.662. The Bertz CT molecular complexity index is 3240. The van der Waals surface area contributed by atoms with E-state index in [2.05, 4.69) is 32.0 Å². The van der Waals surface area contributed by atoms with E-state index in [-0.39, 0.29) is 34.7 Å². The fourth-order valence-electron chi connectivity index (χ4n) is 7.92. The maximum absolute atomic E-state index is 9.55. The zero-order valence-corrected chi connectivity index (χ0v) is 27.9. The molecule has 1 aliphatic rings. The predicted octanol–water partition coefficient (Wildman–Crippen LogP) is 13.8. The SMILES string of the molecule is [2H]c1c([2H])c([2H])c(N(c2ccc(-c3cccc4oc5c6ccccc6ccc5c34)cc2)c2c([2H])c([2H])c(-c3cccc4c3C(C)(C)c3ccccc3-4)c([2H])c2[2H])c([2H])c1[2H]. The van der Waals surface area contributed by atoms with E-state index in [4.69, 9.17) is 11.3 Å². The number of hydrogen-bond donors (Lipinski definition) is 0. The third-order valence-electron chi connectivity index (χ3n) is 10.2. The highest BCUT2D eigenvalue weighted by atomic mass is 16.3. The van der Waals surface area contributed by atoms with E-state index in [1.54, 1.807) is 12.1 Å². The van der Waals surface area contributed by atoms with Crippen molar-refractivity contribution in [3.8, 4) is 33.4 Å². The van der Waals surface area contributed by atoms with Gasteiger partial charge in [0.05, 0.1) is 12.3 Å². The van der Waals surface area contributed by atoms with Crippen LogP contribution in [-0.4, -0.2) is 0 Å². The molecule has 0 radical (unpaired) electrons. The Morgan fingerprint density at radius 2 is 1.20 bits per heavy atom. The predicted molar refractivity (Wildman–Crippen MR) is 214 cm³/mol. The van der Waals surface area contributed by atoms with Crippen LogP contribution in [0, 0.1) is 0 Å². The van der Waals surface area contributed by atoms with Gasteiger partial charge in [0.1, 0.15) is 11.2 Å². The first-order chi connectivity index (χ1) is 28.8. The maximum atomic E-state index is 9.55. The van der Waals surface area contributed by atoms with Crippen molar-refractivity contribution in [3.63, 3.8) is 0 Å². The molecule has 0 atom stereocenters. The second-order valence-corrected chi connectivity index (χ2v) is 13.4. The quantitative estimate of drug-likeness (QED) is 0.182. The Morgan fingerprint density at radius 1 is 0.510 bits per heavy atom. The van der Waals surface area contributed by atoms with Gasteiger partial charge < -0.3 is 9.32 Å². The summed E-state index contributed by atoms with van der Waals surface area (Å²) in [7, 11) is 0. The first-order valence-corrected chi connectivity index (χ1v) is 17.0. The van der Waals surface area contributed by atoms with Crippen molar-refractivity contribution >= 4 is 49.8 Å². The summed E-state index contributed by atoms with van der Waals surface area (Å²) in [5.74, 6) is 0. The Labute approximate surface area is 310 Å². The number of anilines is 3. The van der Waals surface area contributed by atoms with Crippen LogP contribution in [0.25, 0.3) is 66.1 Å². The molecule has 1 heterocycles. The molecule has 242 valence electrons. The molecule has 0 fully saturated rings. The summed E-state index contributed by atoms with van der Waals surface area (Å²) in [6, 6.07) is 34.5. The molecule has 2 heteroatoms. The average Bonchev–Trinajstić information content (AvgIpc) is 3.77. The number of para-hydroxylation sites is 1. The highest BCUT2D eigenvalue weighted by molar-refractivity contribution is 6.19. The number of benzene rings is 8. The van der Waals surface area contributed by atoms with E-state index in [9.17, 15) is 5.48 Å². The molecule has 0 saturated heterocycles. The van der Waals surface area contributed by atoms with Gasteiger partial charge >= 0.3 is 0 Å². The smallest absolute Gasteiger partial charge is 0.143 e. The summed E-state index contributed by atoms with van der Waals surface area (Å²) in [6.07, 6.45) is 0. The zero-order chi connectivity index (χ0) is 41.9. The Hall–Kier alpha value is -6.38. The number of furan rings is 1. The molecule has 0 bridgehead atoms. The van der Waals surface area contributed by atoms with E-state index in [0.29, 0.717) is 11.1 Å². The summed E-state index contributed by atoms with van der Waals surface area (Å²) in [4.78, 5) is 1.27. The van der Waals surface area contributed by atoms with Gasteiger partial charge in [-0.1, -0.05) is 141 Å². The Balaban J connectivity index is 1.18. The van der Waals surface area contributed by atoms with E-state index in [1.165, 1.54) is 4.90 Å². The summed E-state index contributed by atoms with van der Waals surface area (Å²) < 4.78 is 88.1. The molecule has 1 aliphatic carbocycles.